The molecule has 2 aromatic rings. The Morgan fingerprint density at radius 1 is 0.926 bits per heavy atom. The van der Waals surface area contributed by atoms with Crippen LogP contribution < -0.4 is 4.90 Å². The monoisotopic (exact) mass is 365 g/mol. The van der Waals surface area contributed by atoms with Gasteiger partial charge in [0.1, 0.15) is 0 Å². The molecule has 2 aliphatic rings. The molecule has 0 radical (unpaired) electrons. The van der Waals surface area contributed by atoms with Gasteiger partial charge in [-0.1, -0.05) is 30.3 Å². The predicted octanol–water partition coefficient (Wildman–Crippen LogP) is 2.65. The van der Waals surface area contributed by atoms with Crippen LogP contribution in [-0.2, 0) is 4.74 Å². The van der Waals surface area contributed by atoms with Gasteiger partial charge in [-0.25, -0.2) is 0 Å². The minimum absolute atomic E-state index is 0.123. The molecule has 0 unspecified atom stereocenters. The van der Waals surface area contributed by atoms with E-state index < -0.39 is 0 Å². The van der Waals surface area contributed by atoms with Crippen molar-refractivity contribution in [2.75, 3.05) is 57.9 Å². The molecule has 2 fully saturated rings. The average Bonchev–Trinajstić information content (AvgIpc) is 2.75. The Morgan fingerprint density at radius 2 is 1.63 bits per heavy atom. The number of hydrogen-bond acceptors (Lipinski definition) is 4. The van der Waals surface area contributed by atoms with Gasteiger partial charge in [-0.05, 0) is 36.9 Å². The molecule has 2 saturated heterocycles. The molecule has 0 spiro atoms. The van der Waals surface area contributed by atoms with Gasteiger partial charge in [-0.3, -0.25) is 9.69 Å². The number of amides is 1. The Hall–Kier alpha value is -2.37. The number of carbonyl (C=O) groups excluding carboxylic acids is 1. The molecule has 0 aromatic heterocycles. The Balaban J connectivity index is 1.45. The minimum Gasteiger partial charge on any atom is -0.378 e. The van der Waals surface area contributed by atoms with Crippen molar-refractivity contribution in [3.8, 4) is 0 Å². The van der Waals surface area contributed by atoms with Gasteiger partial charge in [-0.2, -0.15) is 0 Å². The highest BCUT2D eigenvalue weighted by Gasteiger charge is 2.28. The molecule has 0 aliphatic carbocycles. The lowest BCUT2D eigenvalue weighted by Gasteiger charge is -2.39. The van der Waals surface area contributed by atoms with Gasteiger partial charge < -0.3 is 14.5 Å². The van der Waals surface area contributed by atoms with Crippen molar-refractivity contribution in [1.82, 2.24) is 9.80 Å². The average molecular weight is 365 g/mol. The van der Waals surface area contributed by atoms with E-state index >= 15 is 0 Å². The molecule has 0 N–H and O–H groups in total. The van der Waals surface area contributed by atoms with Crippen molar-refractivity contribution in [2.24, 2.45) is 0 Å². The van der Waals surface area contributed by atoms with Crippen LogP contribution in [0.25, 0.3) is 0 Å². The number of hydrogen-bond donors (Lipinski definition) is 0. The molecule has 0 bridgehead atoms. The lowest BCUT2D eigenvalue weighted by Crippen LogP contribution is -2.49. The minimum atomic E-state index is 0.123. The van der Waals surface area contributed by atoms with E-state index in [-0.39, 0.29) is 11.9 Å². The Morgan fingerprint density at radius 3 is 2.33 bits per heavy atom. The number of likely N-dealkylation sites (N-methyl/N-ethyl adjacent to an activating group) is 1. The van der Waals surface area contributed by atoms with Crippen molar-refractivity contribution in [2.45, 2.75) is 6.04 Å². The molecule has 5 heteroatoms. The molecule has 2 heterocycles. The topological polar surface area (TPSA) is 36.0 Å². The normalized spacial score (nSPS) is 21.3. The summed E-state index contributed by atoms with van der Waals surface area (Å²) in [4.78, 5) is 19.7. The molecule has 142 valence electrons. The second-order valence-corrected chi connectivity index (χ2v) is 7.30. The number of piperazine rings is 1. The smallest absolute Gasteiger partial charge is 0.253 e. The van der Waals surface area contributed by atoms with Gasteiger partial charge >= 0.3 is 0 Å². The molecule has 27 heavy (non-hydrogen) atoms. The van der Waals surface area contributed by atoms with Crippen LogP contribution >= 0.6 is 0 Å². The zero-order valence-corrected chi connectivity index (χ0v) is 15.9. The van der Waals surface area contributed by atoms with Crippen molar-refractivity contribution in [1.29, 1.82) is 0 Å². The molecular formula is C22H27N3O2. The summed E-state index contributed by atoms with van der Waals surface area (Å²) in [5.41, 5.74) is 3.19. The number of morpholine rings is 1. The molecule has 5 nitrogen and oxygen atoms in total. The standard InChI is InChI=1S/C22H27N3O2/c1-23-11-12-25(17-21(23)18-5-3-2-4-6-18)22(26)19-7-9-20(10-8-19)24-13-15-27-16-14-24/h2-10,21H,11-17H2,1H3/t21-/m0/s1. The molecule has 1 atom stereocenters. The number of anilines is 1. The number of benzene rings is 2. The highest BCUT2D eigenvalue weighted by atomic mass is 16.5. The maximum Gasteiger partial charge on any atom is 0.253 e. The Bertz CT molecular complexity index is 757. The van der Waals surface area contributed by atoms with E-state index in [9.17, 15) is 4.79 Å². The summed E-state index contributed by atoms with van der Waals surface area (Å²) in [6, 6.07) is 18.7. The third-order valence-corrected chi connectivity index (χ3v) is 5.61. The van der Waals surface area contributed by atoms with E-state index in [0.717, 1.165) is 57.2 Å². The van der Waals surface area contributed by atoms with Crippen molar-refractivity contribution < 1.29 is 9.53 Å². The van der Waals surface area contributed by atoms with E-state index in [4.69, 9.17) is 4.74 Å². The highest BCUT2D eigenvalue weighted by Crippen LogP contribution is 2.25. The van der Waals surface area contributed by atoms with Crippen molar-refractivity contribution >= 4 is 11.6 Å². The van der Waals surface area contributed by atoms with Crippen molar-refractivity contribution in [3.63, 3.8) is 0 Å². The lowest BCUT2D eigenvalue weighted by atomic mass is 10.0. The van der Waals surface area contributed by atoms with Crippen LogP contribution in [0.4, 0.5) is 5.69 Å². The summed E-state index contributed by atoms with van der Waals surface area (Å²) >= 11 is 0. The van der Waals surface area contributed by atoms with Crippen LogP contribution in [0.3, 0.4) is 0 Å². The maximum absolute atomic E-state index is 13.0. The Labute approximate surface area is 161 Å². The third-order valence-electron chi connectivity index (χ3n) is 5.61. The first-order chi connectivity index (χ1) is 13.2. The Kier molecular flexibility index (Phi) is 5.41. The van der Waals surface area contributed by atoms with Gasteiger partial charge in [0.05, 0.1) is 19.3 Å². The van der Waals surface area contributed by atoms with Crippen LogP contribution in [0.2, 0.25) is 0 Å². The molecular weight excluding hydrogens is 338 g/mol. The summed E-state index contributed by atoms with van der Waals surface area (Å²) in [5.74, 6) is 0.123. The van der Waals surface area contributed by atoms with Gasteiger partial charge in [0.15, 0.2) is 0 Å². The first kappa shape index (κ1) is 18.0. The summed E-state index contributed by atoms with van der Waals surface area (Å²) in [5, 5.41) is 0. The van der Waals surface area contributed by atoms with Gasteiger partial charge in [0, 0.05) is 44.0 Å². The van der Waals surface area contributed by atoms with E-state index in [0.29, 0.717) is 0 Å². The van der Waals surface area contributed by atoms with Crippen LogP contribution in [0.15, 0.2) is 54.6 Å². The van der Waals surface area contributed by atoms with Crippen molar-refractivity contribution in [3.05, 3.63) is 65.7 Å². The van der Waals surface area contributed by atoms with Gasteiger partial charge in [-0.15, -0.1) is 0 Å². The van der Waals surface area contributed by atoms with Gasteiger partial charge in [0.2, 0.25) is 0 Å². The molecule has 4 rings (SSSR count). The number of carbonyl (C=O) groups is 1. The van der Waals surface area contributed by atoms with E-state index in [1.807, 2.05) is 23.1 Å². The fourth-order valence-electron chi connectivity index (χ4n) is 3.91. The summed E-state index contributed by atoms with van der Waals surface area (Å²) in [6.45, 7) is 5.73. The second kappa shape index (κ2) is 8.11. The second-order valence-electron chi connectivity index (χ2n) is 7.30. The lowest BCUT2D eigenvalue weighted by molar-refractivity contribution is 0.0546. The van der Waals surface area contributed by atoms with Gasteiger partial charge in [0.25, 0.3) is 5.91 Å². The first-order valence-electron chi connectivity index (χ1n) is 9.69. The zero-order valence-electron chi connectivity index (χ0n) is 15.9. The number of ether oxygens (including phenoxy) is 1. The third kappa shape index (κ3) is 3.99. The predicted molar refractivity (Wildman–Crippen MR) is 107 cm³/mol. The fraction of sp³-hybridized carbons (Fsp3) is 0.409. The summed E-state index contributed by atoms with van der Waals surface area (Å²) in [6.07, 6.45) is 0. The summed E-state index contributed by atoms with van der Waals surface area (Å²) in [7, 11) is 2.14. The molecule has 1 amide bonds. The highest BCUT2D eigenvalue weighted by molar-refractivity contribution is 5.94. The van der Waals surface area contributed by atoms with Crippen LogP contribution in [-0.4, -0.2) is 68.7 Å². The SMILES string of the molecule is CN1CCN(C(=O)c2ccc(N3CCOCC3)cc2)C[C@H]1c1ccccc1. The first-order valence-corrected chi connectivity index (χ1v) is 9.69. The van der Waals surface area contributed by atoms with E-state index in [1.54, 1.807) is 0 Å². The van der Waals surface area contributed by atoms with E-state index in [2.05, 4.69) is 53.2 Å². The van der Waals surface area contributed by atoms with Crippen LogP contribution in [0, 0.1) is 0 Å². The number of rotatable bonds is 3. The van der Waals surface area contributed by atoms with E-state index in [1.165, 1.54) is 5.56 Å². The maximum atomic E-state index is 13.0. The molecule has 2 aliphatic heterocycles. The fourth-order valence-corrected chi connectivity index (χ4v) is 3.91. The quantitative estimate of drug-likeness (QED) is 0.838. The summed E-state index contributed by atoms with van der Waals surface area (Å²) < 4.78 is 5.41. The van der Waals surface area contributed by atoms with Crippen LogP contribution in [0.5, 0.6) is 0 Å². The zero-order chi connectivity index (χ0) is 18.6. The van der Waals surface area contributed by atoms with Crippen LogP contribution in [0.1, 0.15) is 22.0 Å². The molecule has 0 saturated carbocycles. The largest absolute Gasteiger partial charge is 0.378 e. The number of nitrogens with zero attached hydrogens (tertiary/aromatic N) is 3. The molecule has 2 aromatic carbocycles.